The van der Waals surface area contributed by atoms with Crippen LogP contribution in [0.3, 0.4) is 0 Å². The number of hydrogen-bond donors (Lipinski definition) is 2. The third-order valence-corrected chi connectivity index (χ3v) is 7.11. The summed E-state index contributed by atoms with van der Waals surface area (Å²) in [6.07, 6.45) is 4.04. The van der Waals surface area contributed by atoms with Gasteiger partial charge in [0.05, 0.1) is 41.6 Å². The van der Waals surface area contributed by atoms with E-state index in [1.54, 1.807) is 48.2 Å². The van der Waals surface area contributed by atoms with E-state index >= 15 is 0 Å². The molecule has 6 rings (SSSR count). The van der Waals surface area contributed by atoms with Crippen LogP contribution in [-0.4, -0.2) is 59.5 Å². The van der Waals surface area contributed by atoms with Gasteiger partial charge in [0.2, 0.25) is 0 Å². The summed E-state index contributed by atoms with van der Waals surface area (Å²) in [5.74, 6) is 0.913. The van der Waals surface area contributed by atoms with E-state index in [1.807, 2.05) is 12.1 Å². The molecule has 0 aliphatic carbocycles. The number of H-pyrrole nitrogens is 1. The summed E-state index contributed by atoms with van der Waals surface area (Å²) >= 11 is 6.31. The minimum atomic E-state index is -0.919. The molecule has 1 aromatic carbocycles. The molecule has 0 bridgehead atoms. The second kappa shape index (κ2) is 10.9. The standard InChI is InChI=1S/C27H24ClN9O4/c1-40-9-8-20-24(41-27(29)39)7-4-19(32-20)21-13-30-26(33-21)23-6-3-17-10-15(11-25(38)37(17)23)18-12-16(28)2-5-22(18)36-14-31-34-35-36/h2,4-5,7,10-14,23H,3,6,8-9H2,1H3,(H2,29,39)(H,30,33)/t23-/m0/s1. The van der Waals surface area contributed by atoms with Gasteiger partial charge in [-0.2, -0.15) is 4.68 Å². The van der Waals surface area contributed by atoms with Crippen LogP contribution in [0.5, 0.6) is 5.75 Å². The molecule has 0 fully saturated rings. The molecule has 1 aliphatic heterocycles. The molecule has 208 valence electrons. The van der Waals surface area contributed by atoms with Crippen LogP contribution in [0.1, 0.15) is 29.7 Å². The zero-order chi connectivity index (χ0) is 28.5. The van der Waals surface area contributed by atoms with Crippen molar-refractivity contribution >= 4 is 17.7 Å². The number of halogens is 1. The Kier molecular flexibility index (Phi) is 7.03. The zero-order valence-electron chi connectivity index (χ0n) is 21.8. The lowest BCUT2D eigenvalue weighted by Gasteiger charge is -2.15. The summed E-state index contributed by atoms with van der Waals surface area (Å²) in [6, 6.07) is 12.0. The topological polar surface area (TPSA) is 169 Å². The van der Waals surface area contributed by atoms with Crippen molar-refractivity contribution in [1.82, 2.24) is 39.7 Å². The normalized spacial score (nSPS) is 14.2. The van der Waals surface area contributed by atoms with Gasteiger partial charge in [-0.25, -0.2) is 14.8 Å². The number of hydrogen-bond acceptors (Lipinski definition) is 9. The van der Waals surface area contributed by atoms with Gasteiger partial charge in [0, 0.05) is 35.9 Å². The Bertz CT molecular complexity index is 1800. The Balaban J connectivity index is 1.32. The Hall–Kier alpha value is -4.88. The molecule has 5 aromatic rings. The number of tetrazole rings is 1. The molecule has 0 spiro atoms. The monoisotopic (exact) mass is 573 g/mol. The fourth-order valence-electron chi connectivity index (χ4n) is 5.07. The van der Waals surface area contributed by atoms with Gasteiger partial charge in [-0.05, 0) is 65.2 Å². The van der Waals surface area contributed by atoms with E-state index in [1.165, 1.54) is 11.0 Å². The number of imidazole rings is 1. The SMILES string of the molecule is COCCc1nc(-c2cnc([C@@H]3CCc4cc(-c5cc(Cl)ccc5-n5cnnn5)cc(=O)n43)[nH]2)ccc1OC(N)=O. The van der Waals surface area contributed by atoms with Gasteiger partial charge >= 0.3 is 6.09 Å². The number of amides is 1. The van der Waals surface area contributed by atoms with Crippen molar-refractivity contribution < 1.29 is 14.3 Å². The van der Waals surface area contributed by atoms with Crippen molar-refractivity contribution in [1.29, 1.82) is 0 Å². The maximum Gasteiger partial charge on any atom is 0.410 e. The molecular weight excluding hydrogens is 550 g/mol. The number of carbonyl (C=O) groups excluding carboxylic acids is 1. The Morgan fingerprint density at radius 2 is 2.10 bits per heavy atom. The highest BCUT2D eigenvalue weighted by Crippen LogP contribution is 2.34. The zero-order valence-corrected chi connectivity index (χ0v) is 22.6. The Morgan fingerprint density at radius 1 is 1.22 bits per heavy atom. The van der Waals surface area contributed by atoms with Gasteiger partial charge in [0.25, 0.3) is 5.56 Å². The number of pyridine rings is 2. The number of carbonyl (C=O) groups is 1. The molecule has 14 heteroatoms. The lowest BCUT2D eigenvalue weighted by Crippen LogP contribution is -2.23. The maximum atomic E-state index is 13.5. The first-order valence-electron chi connectivity index (χ1n) is 12.7. The molecule has 0 radical (unpaired) electrons. The van der Waals surface area contributed by atoms with E-state index in [0.717, 1.165) is 16.8 Å². The van der Waals surface area contributed by atoms with E-state index in [9.17, 15) is 9.59 Å². The van der Waals surface area contributed by atoms with E-state index in [4.69, 9.17) is 26.8 Å². The summed E-state index contributed by atoms with van der Waals surface area (Å²) in [7, 11) is 1.58. The molecule has 1 amide bonds. The molecule has 4 aromatic heterocycles. The number of rotatable bonds is 8. The number of nitrogens with one attached hydrogen (secondary N) is 1. The summed E-state index contributed by atoms with van der Waals surface area (Å²) < 4.78 is 13.5. The maximum absolute atomic E-state index is 13.5. The van der Waals surface area contributed by atoms with Crippen molar-refractivity contribution in [3.63, 3.8) is 0 Å². The summed E-state index contributed by atoms with van der Waals surface area (Å²) in [5, 5.41) is 12.0. The van der Waals surface area contributed by atoms with Gasteiger partial charge in [-0.1, -0.05) is 11.6 Å². The van der Waals surface area contributed by atoms with Crippen LogP contribution in [0, 0.1) is 0 Å². The minimum Gasteiger partial charge on any atom is -0.409 e. The fraction of sp³-hybridized carbons (Fsp3) is 0.222. The van der Waals surface area contributed by atoms with E-state index in [0.29, 0.717) is 59.5 Å². The van der Waals surface area contributed by atoms with Crippen molar-refractivity contribution in [2.75, 3.05) is 13.7 Å². The quantitative estimate of drug-likeness (QED) is 0.283. The predicted molar refractivity (Wildman–Crippen MR) is 148 cm³/mol. The lowest BCUT2D eigenvalue weighted by molar-refractivity contribution is 0.197. The van der Waals surface area contributed by atoms with Crippen LogP contribution in [0.2, 0.25) is 5.02 Å². The summed E-state index contributed by atoms with van der Waals surface area (Å²) in [5.41, 5.74) is 9.88. The molecule has 3 N–H and O–H groups in total. The molecule has 5 heterocycles. The Morgan fingerprint density at radius 3 is 2.88 bits per heavy atom. The summed E-state index contributed by atoms with van der Waals surface area (Å²) in [4.78, 5) is 37.3. The van der Waals surface area contributed by atoms with E-state index in [2.05, 4.69) is 30.5 Å². The Labute approximate surface area is 237 Å². The molecule has 13 nitrogen and oxygen atoms in total. The van der Waals surface area contributed by atoms with Crippen molar-refractivity contribution in [3.05, 3.63) is 87.6 Å². The molecular formula is C27H24ClN9O4. The van der Waals surface area contributed by atoms with Crippen molar-refractivity contribution in [3.8, 4) is 34.0 Å². The highest BCUT2D eigenvalue weighted by atomic mass is 35.5. The minimum absolute atomic E-state index is 0.159. The van der Waals surface area contributed by atoms with Crippen LogP contribution < -0.4 is 16.0 Å². The highest BCUT2D eigenvalue weighted by Gasteiger charge is 2.28. The smallest absolute Gasteiger partial charge is 0.409 e. The van der Waals surface area contributed by atoms with Gasteiger partial charge in [0.15, 0.2) is 5.75 Å². The van der Waals surface area contributed by atoms with Gasteiger partial charge in [-0.3, -0.25) is 4.79 Å². The largest absolute Gasteiger partial charge is 0.410 e. The number of fused-ring (bicyclic) bond motifs is 1. The third-order valence-electron chi connectivity index (χ3n) is 6.87. The van der Waals surface area contributed by atoms with Crippen molar-refractivity contribution in [2.24, 2.45) is 5.73 Å². The molecule has 0 saturated heterocycles. The molecule has 1 atom stereocenters. The average molecular weight is 574 g/mol. The number of aromatic amines is 1. The van der Waals surface area contributed by atoms with E-state index < -0.39 is 6.09 Å². The van der Waals surface area contributed by atoms with Crippen molar-refractivity contribution in [2.45, 2.75) is 25.3 Å². The molecule has 1 aliphatic rings. The predicted octanol–water partition coefficient (Wildman–Crippen LogP) is 3.11. The van der Waals surface area contributed by atoms with Crippen LogP contribution in [0.4, 0.5) is 4.79 Å². The third kappa shape index (κ3) is 5.19. The van der Waals surface area contributed by atoms with Gasteiger partial charge in [-0.15, -0.1) is 5.10 Å². The number of primary amides is 1. The lowest BCUT2D eigenvalue weighted by atomic mass is 10.0. The van der Waals surface area contributed by atoms with E-state index in [-0.39, 0.29) is 17.4 Å². The summed E-state index contributed by atoms with van der Waals surface area (Å²) in [6.45, 7) is 0.385. The molecule has 41 heavy (non-hydrogen) atoms. The first-order chi connectivity index (χ1) is 19.9. The fourth-order valence-corrected chi connectivity index (χ4v) is 5.25. The average Bonchev–Trinajstić information content (AvgIpc) is 3.73. The number of benzene rings is 1. The first-order valence-corrected chi connectivity index (χ1v) is 13.1. The van der Waals surface area contributed by atoms with Crippen LogP contribution in [0.15, 0.2) is 59.8 Å². The highest BCUT2D eigenvalue weighted by molar-refractivity contribution is 6.31. The van der Waals surface area contributed by atoms with Crippen LogP contribution >= 0.6 is 11.6 Å². The molecule has 0 saturated carbocycles. The second-order valence-corrected chi connectivity index (χ2v) is 9.84. The number of ether oxygens (including phenoxy) is 2. The second-order valence-electron chi connectivity index (χ2n) is 9.40. The van der Waals surface area contributed by atoms with Gasteiger partial charge in [0.1, 0.15) is 12.2 Å². The van der Waals surface area contributed by atoms with Crippen LogP contribution in [0.25, 0.3) is 28.2 Å². The number of methoxy groups -OCH3 is 1. The first kappa shape index (κ1) is 26.3. The number of nitrogens with zero attached hydrogens (tertiary/aromatic N) is 7. The van der Waals surface area contributed by atoms with Crippen LogP contribution in [-0.2, 0) is 17.6 Å². The van der Waals surface area contributed by atoms with Gasteiger partial charge < -0.3 is 24.8 Å². The number of aromatic nitrogens is 8. The number of aryl methyl sites for hydroxylation is 1. The number of nitrogens with two attached hydrogens (primary N) is 1. The molecule has 0 unspecified atom stereocenters.